The number of benzene rings is 2. The van der Waals surface area contributed by atoms with Gasteiger partial charge in [0, 0.05) is 42.6 Å². The maximum absolute atomic E-state index is 12.8. The van der Waals surface area contributed by atoms with Gasteiger partial charge in [0.15, 0.2) is 11.8 Å². The third-order valence-electron chi connectivity index (χ3n) is 9.35. The topological polar surface area (TPSA) is 98.4 Å². The summed E-state index contributed by atoms with van der Waals surface area (Å²) >= 11 is 0. The third kappa shape index (κ3) is 7.02. The summed E-state index contributed by atoms with van der Waals surface area (Å²) < 4.78 is 21.1. The van der Waals surface area contributed by atoms with E-state index in [2.05, 4.69) is 62.1 Å². The Balaban J connectivity index is 1.54. The van der Waals surface area contributed by atoms with Crippen molar-refractivity contribution in [3.8, 4) is 28.1 Å². The van der Waals surface area contributed by atoms with E-state index in [9.17, 15) is 9.90 Å². The molecule has 1 N–H and O–H groups in total. The number of fused-ring (bicyclic) bond motifs is 8. The molecule has 9 nitrogen and oxygen atoms in total. The number of rotatable bonds is 3. The molecule has 250 valence electrons. The second kappa shape index (κ2) is 12.9. The predicted octanol–water partition coefficient (Wildman–Crippen LogP) is 7.95. The summed E-state index contributed by atoms with van der Waals surface area (Å²) in [6, 6.07) is 16.6. The van der Waals surface area contributed by atoms with E-state index in [1.54, 1.807) is 0 Å². The van der Waals surface area contributed by atoms with Crippen molar-refractivity contribution >= 4 is 17.4 Å². The Morgan fingerprint density at radius 2 is 1.79 bits per heavy atom. The van der Waals surface area contributed by atoms with Gasteiger partial charge < -0.3 is 24.2 Å². The normalized spacial score (nSPS) is 21.3. The SMILES string of the molecule is Cc1cccc2c1-c1cccc(c1)-c1cc3nc(C)c([C@H](OC(C)(C)C)C(=O)O)c(n3n1)N1CCC(C)(CC1)OCCCC[C@H](C)O2. The highest BCUT2D eigenvalue weighted by Crippen LogP contribution is 2.40. The van der Waals surface area contributed by atoms with Gasteiger partial charge in [-0.25, -0.2) is 9.78 Å². The van der Waals surface area contributed by atoms with E-state index in [4.69, 9.17) is 24.3 Å². The first-order valence-corrected chi connectivity index (χ1v) is 16.9. The van der Waals surface area contributed by atoms with Crippen LogP contribution in [0.4, 0.5) is 5.82 Å². The Morgan fingerprint density at radius 3 is 2.51 bits per heavy atom. The summed E-state index contributed by atoms with van der Waals surface area (Å²) in [6.07, 6.45) is 3.39. The summed E-state index contributed by atoms with van der Waals surface area (Å²) in [6.45, 7) is 16.0. The average molecular weight is 641 g/mol. The Hall–Kier alpha value is -3.95. The van der Waals surface area contributed by atoms with Crippen LogP contribution in [0.25, 0.3) is 28.0 Å². The smallest absolute Gasteiger partial charge is 0.337 e. The van der Waals surface area contributed by atoms with Crippen LogP contribution in [0.2, 0.25) is 0 Å². The van der Waals surface area contributed by atoms with E-state index in [-0.39, 0.29) is 11.7 Å². The van der Waals surface area contributed by atoms with Crippen LogP contribution in [-0.4, -0.2) is 62.7 Å². The van der Waals surface area contributed by atoms with Gasteiger partial charge in [-0.15, -0.1) is 0 Å². The molecule has 0 unspecified atom stereocenters. The molecule has 9 heteroatoms. The molecule has 1 fully saturated rings. The van der Waals surface area contributed by atoms with Crippen molar-refractivity contribution in [1.82, 2.24) is 14.6 Å². The first-order chi connectivity index (χ1) is 22.3. The molecule has 47 heavy (non-hydrogen) atoms. The van der Waals surface area contributed by atoms with Gasteiger partial charge in [0.1, 0.15) is 11.6 Å². The van der Waals surface area contributed by atoms with Gasteiger partial charge in [0.2, 0.25) is 0 Å². The second-order valence-corrected chi connectivity index (χ2v) is 14.4. The van der Waals surface area contributed by atoms with Crippen LogP contribution in [0.5, 0.6) is 5.75 Å². The molecule has 2 atom stereocenters. The summed E-state index contributed by atoms with van der Waals surface area (Å²) in [4.78, 5) is 20.0. The molecule has 6 bridgehead atoms. The molecule has 3 aliphatic heterocycles. The summed E-state index contributed by atoms with van der Waals surface area (Å²) in [7, 11) is 0. The van der Waals surface area contributed by atoms with Gasteiger partial charge >= 0.3 is 5.97 Å². The van der Waals surface area contributed by atoms with Gasteiger partial charge in [-0.2, -0.15) is 9.61 Å². The van der Waals surface area contributed by atoms with E-state index < -0.39 is 17.7 Å². The van der Waals surface area contributed by atoms with Crippen LogP contribution in [0, 0.1) is 13.8 Å². The van der Waals surface area contributed by atoms with Crippen LogP contribution in [-0.2, 0) is 14.3 Å². The lowest BCUT2D eigenvalue weighted by Crippen LogP contribution is -2.46. The minimum absolute atomic E-state index is 0.0698. The van der Waals surface area contributed by atoms with Crippen LogP contribution in [0.3, 0.4) is 0 Å². The van der Waals surface area contributed by atoms with E-state index in [0.717, 1.165) is 65.8 Å². The van der Waals surface area contributed by atoms with Crippen molar-refractivity contribution in [1.29, 1.82) is 0 Å². The van der Waals surface area contributed by atoms with Crippen LogP contribution in [0.15, 0.2) is 48.5 Å². The fourth-order valence-corrected chi connectivity index (χ4v) is 6.86. The van der Waals surface area contributed by atoms with E-state index >= 15 is 0 Å². The predicted molar refractivity (Wildman–Crippen MR) is 184 cm³/mol. The van der Waals surface area contributed by atoms with Crippen molar-refractivity contribution < 1.29 is 24.1 Å². The van der Waals surface area contributed by atoms with Gasteiger partial charge in [0.05, 0.1) is 28.6 Å². The highest BCUT2D eigenvalue weighted by Gasteiger charge is 2.38. The van der Waals surface area contributed by atoms with Crippen LogP contribution in [0.1, 0.15) is 89.6 Å². The molecule has 0 aliphatic carbocycles. The number of aliphatic carboxylic acids is 1. The number of carbonyl (C=O) groups is 1. The Morgan fingerprint density at radius 1 is 1.06 bits per heavy atom. The first kappa shape index (κ1) is 33.0. The highest BCUT2D eigenvalue weighted by molar-refractivity contribution is 5.80. The van der Waals surface area contributed by atoms with Crippen molar-refractivity contribution in [2.45, 2.75) is 104 Å². The zero-order chi connectivity index (χ0) is 33.5. The summed E-state index contributed by atoms with van der Waals surface area (Å²) in [5.74, 6) is 0.532. The lowest BCUT2D eigenvalue weighted by atomic mass is 9.92. The van der Waals surface area contributed by atoms with Crippen molar-refractivity contribution in [3.63, 3.8) is 0 Å². The lowest BCUT2D eigenvalue weighted by Gasteiger charge is -2.41. The molecule has 1 saturated heterocycles. The number of aryl methyl sites for hydroxylation is 2. The number of hydrogen-bond donors (Lipinski definition) is 1. The maximum atomic E-state index is 12.8. The molecule has 2 aromatic carbocycles. The van der Waals surface area contributed by atoms with E-state index in [1.807, 2.05) is 44.3 Å². The molecular weight excluding hydrogens is 592 g/mol. The van der Waals surface area contributed by atoms with Crippen molar-refractivity contribution in [3.05, 3.63) is 65.4 Å². The largest absolute Gasteiger partial charge is 0.490 e. The Labute approximate surface area is 277 Å². The average Bonchev–Trinajstić information content (AvgIpc) is 3.43. The molecule has 3 aliphatic rings. The highest BCUT2D eigenvalue weighted by atomic mass is 16.5. The second-order valence-electron chi connectivity index (χ2n) is 14.4. The lowest BCUT2D eigenvalue weighted by molar-refractivity contribution is -0.160. The molecule has 5 heterocycles. The Bertz CT molecular complexity index is 1770. The third-order valence-corrected chi connectivity index (χ3v) is 9.35. The molecular formula is C38H48N4O5. The van der Waals surface area contributed by atoms with Gasteiger partial charge in [-0.1, -0.05) is 30.3 Å². The molecule has 0 amide bonds. The minimum Gasteiger partial charge on any atom is -0.490 e. The van der Waals surface area contributed by atoms with E-state index in [0.29, 0.717) is 42.4 Å². The summed E-state index contributed by atoms with van der Waals surface area (Å²) in [5, 5.41) is 15.6. The molecule has 7 rings (SSSR count). The minimum atomic E-state index is -1.21. The summed E-state index contributed by atoms with van der Waals surface area (Å²) in [5.41, 5.74) is 5.80. The number of ether oxygens (including phenoxy) is 3. The molecule has 0 saturated carbocycles. The number of anilines is 1. The number of piperidine rings is 1. The number of nitrogens with zero attached hydrogens (tertiary/aromatic N) is 4. The maximum Gasteiger partial charge on any atom is 0.337 e. The zero-order valence-corrected chi connectivity index (χ0v) is 28.8. The number of carboxylic acids is 1. The van der Waals surface area contributed by atoms with Crippen LogP contribution < -0.4 is 9.64 Å². The monoisotopic (exact) mass is 640 g/mol. The zero-order valence-electron chi connectivity index (χ0n) is 28.8. The Kier molecular flexibility index (Phi) is 9.06. The fraction of sp³-hybridized carbons (Fsp3) is 0.500. The van der Waals surface area contributed by atoms with E-state index in [1.165, 1.54) is 0 Å². The van der Waals surface area contributed by atoms with Gasteiger partial charge in [0.25, 0.3) is 0 Å². The number of aromatic nitrogens is 3. The van der Waals surface area contributed by atoms with Crippen molar-refractivity contribution in [2.24, 2.45) is 0 Å². The quantitative estimate of drug-likeness (QED) is 0.241. The molecule has 0 spiro atoms. The fourth-order valence-electron chi connectivity index (χ4n) is 6.86. The standard InChI is InChI=1S/C38H48N4O5/c1-24-12-10-16-30-32(24)28-15-11-14-27(22-28)29-23-31-39-26(3)33(34(36(43)44)47-37(4,5)6)35(42(31)40-29)41-19-17-38(7,18-20-41)45-21-9-8-13-25(2)46-30/h10-12,14-16,22-23,25,34H,8-9,13,17-21H2,1-7H3,(H,43,44)/t25-,34-/m0/s1. The van der Waals surface area contributed by atoms with Gasteiger partial charge in [-0.05, 0) is 104 Å². The molecule has 0 radical (unpaired) electrons. The first-order valence-electron chi connectivity index (χ1n) is 16.9. The van der Waals surface area contributed by atoms with Crippen LogP contribution >= 0.6 is 0 Å². The number of hydrogen-bond acceptors (Lipinski definition) is 7. The number of carboxylic acid groups (broad SMARTS) is 1. The molecule has 4 aromatic rings. The van der Waals surface area contributed by atoms with Crippen molar-refractivity contribution in [2.75, 3.05) is 24.6 Å². The van der Waals surface area contributed by atoms with Gasteiger partial charge in [-0.3, -0.25) is 0 Å². The molecule has 2 aromatic heterocycles.